The van der Waals surface area contributed by atoms with Crippen LogP contribution in [0.5, 0.6) is 0 Å². The molecule has 0 aliphatic carbocycles. The zero-order chi connectivity index (χ0) is 37.0. The smallest absolute Gasteiger partial charge is 0.303 e. The molecule has 49 heavy (non-hydrogen) atoms. The molecule has 0 unspecified atom stereocenters. The monoisotopic (exact) mass is 720 g/mol. The maximum Gasteiger partial charge on any atom is 0.303 e. The summed E-state index contributed by atoms with van der Waals surface area (Å²) in [6.45, 7) is 10.3. The van der Waals surface area contributed by atoms with E-state index in [0.717, 1.165) is 53.3 Å². The first kappa shape index (κ1) is 41.2. The molecule has 2 heterocycles. The zero-order valence-corrected chi connectivity index (χ0v) is 29.6. The largest absolute Gasteiger partial charge is 0.463 e. The number of nitrogens with zero attached hydrogens (tertiary/aromatic N) is 1. The molecule has 18 nitrogen and oxygen atoms in total. The molecule has 2 aliphatic rings. The molecule has 1 amide bonds. The van der Waals surface area contributed by atoms with Gasteiger partial charge in [-0.2, -0.15) is 0 Å². The van der Waals surface area contributed by atoms with Crippen LogP contribution in [0, 0.1) is 0 Å². The summed E-state index contributed by atoms with van der Waals surface area (Å²) in [5.74, 6) is -5.03. The van der Waals surface area contributed by atoms with Crippen LogP contribution < -0.4 is 5.32 Å². The Morgan fingerprint density at radius 2 is 1.41 bits per heavy atom. The van der Waals surface area contributed by atoms with Crippen molar-refractivity contribution >= 4 is 59.4 Å². The molecular weight excluding hydrogens is 676 g/mol. The van der Waals surface area contributed by atoms with Crippen molar-refractivity contribution < 1.29 is 76.2 Å². The quantitative estimate of drug-likeness (QED) is 0.168. The average Bonchev–Trinajstić information content (AvgIpc) is 3.33. The van der Waals surface area contributed by atoms with Crippen LogP contribution in [0.2, 0.25) is 0 Å². The molecule has 2 aliphatic heterocycles. The molecule has 1 N–H and O–H groups in total. The summed E-state index contributed by atoms with van der Waals surface area (Å²) in [6, 6.07) is -2.35. The van der Waals surface area contributed by atoms with Crippen molar-refractivity contribution in [2.24, 2.45) is 4.99 Å². The number of hydrogen-bond donors (Lipinski definition) is 1. The Hall–Kier alpha value is -3.97. The molecule has 0 spiro atoms. The second kappa shape index (κ2) is 19.3. The lowest BCUT2D eigenvalue weighted by Crippen LogP contribution is -2.66. The van der Waals surface area contributed by atoms with Crippen LogP contribution in [-0.4, -0.2) is 127 Å². The number of hydrogen-bond acceptors (Lipinski definition) is 18. The van der Waals surface area contributed by atoms with Gasteiger partial charge in [-0.25, -0.2) is 4.99 Å². The van der Waals surface area contributed by atoms with Crippen LogP contribution in [-0.2, 0) is 76.2 Å². The van der Waals surface area contributed by atoms with Crippen LogP contribution in [0.3, 0.4) is 0 Å². The molecule has 0 aromatic rings. The summed E-state index contributed by atoms with van der Waals surface area (Å²) in [5.41, 5.74) is -1.31. The fraction of sp³-hybridized carbons (Fsp3) is 0.733. The standard InChI is InChI=1S/C30H44N2O16S/c1-10-40-29-23(32-14(3)43-29)27(47-20(9)39)28(22(44-17(6)36)12-42-16(5)35)49-30-24(31-13(2)33)26(46-19(8)38)25(45-18(7)37)21(48-30)11-41-15(4)34/h21-30H,10-12H2,1-9H3,(H,31,33)/t21-,22-,23-,24-,25-,26-,27-,28-,29-,30+/m1/s1. The number of carbonyl (C=O) groups is 7. The number of amides is 1. The minimum absolute atomic E-state index is 0.172. The minimum Gasteiger partial charge on any atom is -0.463 e. The molecule has 1 saturated heterocycles. The van der Waals surface area contributed by atoms with E-state index in [9.17, 15) is 33.6 Å². The highest BCUT2D eigenvalue weighted by atomic mass is 32.2. The van der Waals surface area contributed by atoms with E-state index in [1.165, 1.54) is 6.92 Å². The van der Waals surface area contributed by atoms with Gasteiger partial charge in [0.2, 0.25) is 12.2 Å². The van der Waals surface area contributed by atoms with E-state index in [1.54, 1.807) is 13.8 Å². The fourth-order valence-electron chi connectivity index (χ4n) is 5.13. The highest BCUT2D eigenvalue weighted by Crippen LogP contribution is 2.39. The normalized spacial score (nSPS) is 26.4. The Balaban J connectivity index is 2.82. The van der Waals surface area contributed by atoms with Crippen LogP contribution in [0.25, 0.3) is 0 Å². The van der Waals surface area contributed by atoms with E-state index < -0.39 is 115 Å². The Morgan fingerprint density at radius 3 is 1.92 bits per heavy atom. The lowest BCUT2D eigenvalue weighted by Gasteiger charge is -2.46. The zero-order valence-electron chi connectivity index (χ0n) is 28.8. The number of thioether (sulfide) groups is 1. The summed E-state index contributed by atoms with van der Waals surface area (Å²) in [7, 11) is 0. The van der Waals surface area contributed by atoms with Gasteiger partial charge < -0.3 is 47.9 Å². The number of rotatable bonds is 16. The van der Waals surface area contributed by atoms with E-state index >= 15 is 0 Å². The Bertz CT molecular complexity index is 1260. The third-order valence-corrected chi connectivity index (χ3v) is 8.25. The summed E-state index contributed by atoms with van der Waals surface area (Å²) in [5, 5.41) is 1.42. The topological polar surface area (TPSA) is 227 Å². The fourth-order valence-corrected chi connectivity index (χ4v) is 6.72. The van der Waals surface area contributed by atoms with Crippen molar-refractivity contribution in [3.05, 3.63) is 0 Å². The van der Waals surface area contributed by atoms with E-state index in [1.807, 2.05) is 0 Å². The highest BCUT2D eigenvalue weighted by Gasteiger charge is 2.54. The molecular formula is C30H44N2O16S. The average molecular weight is 721 g/mol. The number of nitrogens with one attached hydrogen (secondary N) is 1. The van der Waals surface area contributed by atoms with E-state index in [0.29, 0.717) is 0 Å². The Kier molecular flexibility index (Phi) is 16.2. The van der Waals surface area contributed by atoms with Gasteiger partial charge in [0, 0.05) is 62.0 Å². The Morgan fingerprint density at radius 1 is 0.816 bits per heavy atom. The van der Waals surface area contributed by atoms with Gasteiger partial charge in [0.15, 0.2) is 30.3 Å². The predicted octanol–water partition coefficient (Wildman–Crippen LogP) is 0.351. The van der Waals surface area contributed by atoms with Crippen molar-refractivity contribution in [1.29, 1.82) is 0 Å². The number of aliphatic imine (C=N–C) groups is 1. The highest BCUT2D eigenvalue weighted by molar-refractivity contribution is 8.00. The molecule has 0 radical (unpaired) electrons. The Labute approximate surface area is 287 Å². The van der Waals surface area contributed by atoms with Gasteiger partial charge in [-0.3, -0.25) is 33.6 Å². The van der Waals surface area contributed by atoms with Crippen LogP contribution in [0.4, 0.5) is 0 Å². The summed E-state index contributed by atoms with van der Waals surface area (Å²) < 4.78 is 50.7. The number of ether oxygens (including phenoxy) is 9. The first-order valence-electron chi connectivity index (χ1n) is 15.3. The molecule has 276 valence electrons. The molecule has 2 rings (SSSR count). The molecule has 19 heteroatoms. The maximum absolute atomic E-state index is 12.6. The first-order valence-corrected chi connectivity index (χ1v) is 16.2. The van der Waals surface area contributed by atoms with Gasteiger partial charge in [0.1, 0.15) is 36.9 Å². The van der Waals surface area contributed by atoms with Crippen molar-refractivity contribution in [3.8, 4) is 0 Å². The second-order valence-corrected chi connectivity index (χ2v) is 12.2. The van der Waals surface area contributed by atoms with Gasteiger partial charge in [-0.15, -0.1) is 11.8 Å². The van der Waals surface area contributed by atoms with Crippen molar-refractivity contribution in [2.75, 3.05) is 19.8 Å². The van der Waals surface area contributed by atoms with Gasteiger partial charge in [0.05, 0.1) is 5.25 Å². The minimum atomic E-state index is -1.42. The van der Waals surface area contributed by atoms with Gasteiger partial charge in [-0.05, 0) is 6.92 Å². The van der Waals surface area contributed by atoms with Gasteiger partial charge in [0.25, 0.3) is 0 Å². The van der Waals surface area contributed by atoms with E-state index in [4.69, 9.17) is 42.6 Å². The van der Waals surface area contributed by atoms with E-state index in [2.05, 4.69) is 10.3 Å². The van der Waals surface area contributed by atoms with Crippen LogP contribution in [0.1, 0.15) is 62.3 Å². The lowest BCUT2D eigenvalue weighted by atomic mass is 9.97. The predicted molar refractivity (Wildman–Crippen MR) is 167 cm³/mol. The van der Waals surface area contributed by atoms with Crippen molar-refractivity contribution in [3.63, 3.8) is 0 Å². The molecule has 1 fully saturated rings. The summed E-state index contributed by atoms with van der Waals surface area (Å²) >= 11 is 0.830. The maximum atomic E-state index is 12.6. The summed E-state index contributed by atoms with van der Waals surface area (Å²) in [4.78, 5) is 90.3. The molecule has 0 aromatic heterocycles. The lowest BCUT2D eigenvalue weighted by molar-refractivity contribution is -0.212. The number of esters is 6. The molecule has 0 aromatic carbocycles. The van der Waals surface area contributed by atoms with Crippen LogP contribution in [0.15, 0.2) is 4.99 Å². The van der Waals surface area contributed by atoms with E-state index in [-0.39, 0.29) is 12.5 Å². The van der Waals surface area contributed by atoms with Gasteiger partial charge in [-0.1, -0.05) is 0 Å². The van der Waals surface area contributed by atoms with Crippen molar-refractivity contribution in [2.45, 2.75) is 122 Å². The molecule has 0 bridgehead atoms. The summed E-state index contributed by atoms with van der Waals surface area (Å²) in [6.07, 6.45) is -7.86. The number of carbonyl (C=O) groups excluding carboxylic acids is 7. The third-order valence-electron chi connectivity index (χ3n) is 6.69. The molecule has 0 saturated carbocycles. The van der Waals surface area contributed by atoms with Crippen LogP contribution >= 0.6 is 11.8 Å². The SMILES string of the molecule is CCO[C@@H]1OC(C)=N[C@@H]1[C@@H](OC(C)=O)[C@H](S[C@@H]1O[C@H](COC(C)=O)[C@@H](OC(C)=O)[C@H](OC(C)=O)[C@H]1NC(C)=O)[C@@H](COC(C)=O)OC(C)=O. The second-order valence-electron chi connectivity index (χ2n) is 10.9. The first-order chi connectivity index (χ1) is 22.9. The molecule has 10 atom stereocenters. The van der Waals surface area contributed by atoms with Crippen molar-refractivity contribution in [1.82, 2.24) is 5.32 Å². The third kappa shape index (κ3) is 13.1. The van der Waals surface area contributed by atoms with Gasteiger partial charge >= 0.3 is 35.8 Å².